The van der Waals surface area contributed by atoms with Crippen molar-refractivity contribution in [2.24, 2.45) is 0 Å². The van der Waals surface area contributed by atoms with Crippen LogP contribution < -0.4 is 0 Å². The van der Waals surface area contributed by atoms with Gasteiger partial charge in [-0.1, -0.05) is 12.2 Å². The van der Waals surface area contributed by atoms with Gasteiger partial charge >= 0.3 is 11.9 Å². The number of benzene rings is 1. The molecule has 0 N–H and O–H groups in total. The minimum Gasteiger partial charge on any atom is -0.472 e. The van der Waals surface area contributed by atoms with E-state index < -0.39 is 6.10 Å². The van der Waals surface area contributed by atoms with Gasteiger partial charge < -0.3 is 13.9 Å². The molecule has 0 saturated carbocycles. The van der Waals surface area contributed by atoms with Crippen LogP contribution in [-0.2, 0) is 14.3 Å². The number of cyclic esters (lactones) is 2. The molecule has 0 spiro atoms. The van der Waals surface area contributed by atoms with Gasteiger partial charge in [0.2, 0.25) is 0 Å². The standard InChI is InChI=1S/C20H14O5/c1-10-12-3-2-4-13-16(9-24-19(13)21)14(12)7-15-17(10)18(25-20(15)22)11-5-6-23-8-11/h2-3,5-8,18H,4,9H2,1H3. The van der Waals surface area contributed by atoms with Crippen molar-refractivity contribution >= 4 is 23.6 Å². The molecule has 1 aliphatic carbocycles. The number of hydrogen-bond donors (Lipinski definition) is 0. The first-order chi connectivity index (χ1) is 12.1. The molecule has 3 heterocycles. The van der Waals surface area contributed by atoms with Crippen LogP contribution in [0.15, 0.2) is 40.7 Å². The van der Waals surface area contributed by atoms with Crippen LogP contribution >= 0.6 is 0 Å². The molecular weight excluding hydrogens is 320 g/mol. The first-order valence-corrected chi connectivity index (χ1v) is 8.12. The third-order valence-electron chi connectivity index (χ3n) is 5.12. The highest BCUT2D eigenvalue weighted by Crippen LogP contribution is 2.44. The van der Waals surface area contributed by atoms with Crippen LogP contribution in [0, 0.1) is 6.92 Å². The van der Waals surface area contributed by atoms with Crippen LogP contribution in [0.1, 0.15) is 50.7 Å². The quantitative estimate of drug-likeness (QED) is 0.746. The second-order valence-corrected chi connectivity index (χ2v) is 6.41. The van der Waals surface area contributed by atoms with Gasteiger partial charge in [0.15, 0.2) is 6.10 Å². The lowest BCUT2D eigenvalue weighted by atomic mass is 9.87. The van der Waals surface area contributed by atoms with Crippen molar-refractivity contribution in [1.29, 1.82) is 0 Å². The Morgan fingerprint density at radius 1 is 1.12 bits per heavy atom. The SMILES string of the molecule is Cc1c2c(cc3c1C(c1ccoc1)OC3=O)C1=C(CC=C2)C(=O)OC1. The lowest BCUT2D eigenvalue weighted by molar-refractivity contribution is -0.135. The fraction of sp³-hybridized carbons (Fsp3) is 0.200. The molecule has 0 amide bonds. The molecule has 1 aromatic heterocycles. The van der Waals surface area contributed by atoms with E-state index in [0.717, 1.165) is 33.4 Å². The Labute approximate surface area is 143 Å². The second kappa shape index (κ2) is 4.96. The average Bonchev–Trinajstić information content (AvgIpc) is 3.28. The summed E-state index contributed by atoms with van der Waals surface area (Å²) in [7, 11) is 0. The van der Waals surface area contributed by atoms with Gasteiger partial charge in [0.1, 0.15) is 6.61 Å². The van der Waals surface area contributed by atoms with E-state index in [4.69, 9.17) is 13.9 Å². The summed E-state index contributed by atoms with van der Waals surface area (Å²) in [6.07, 6.45) is 7.24. The zero-order chi connectivity index (χ0) is 17.1. The van der Waals surface area contributed by atoms with E-state index in [0.29, 0.717) is 17.6 Å². The van der Waals surface area contributed by atoms with Gasteiger partial charge in [-0.15, -0.1) is 0 Å². The van der Waals surface area contributed by atoms with E-state index in [1.54, 1.807) is 18.6 Å². The Bertz CT molecular complexity index is 992. The maximum atomic E-state index is 12.5. The van der Waals surface area contributed by atoms with Crippen LogP contribution in [0.5, 0.6) is 0 Å². The van der Waals surface area contributed by atoms with Gasteiger partial charge in [-0.2, -0.15) is 0 Å². The summed E-state index contributed by atoms with van der Waals surface area (Å²) in [5.74, 6) is -0.628. The van der Waals surface area contributed by atoms with Gasteiger partial charge in [-0.05, 0) is 42.2 Å². The molecule has 0 bridgehead atoms. The van der Waals surface area contributed by atoms with Crippen LogP contribution in [-0.4, -0.2) is 18.5 Å². The van der Waals surface area contributed by atoms with Crippen molar-refractivity contribution in [2.45, 2.75) is 19.4 Å². The molecule has 5 rings (SSSR count). The van der Waals surface area contributed by atoms with Crippen molar-refractivity contribution in [3.05, 3.63) is 69.7 Å². The number of rotatable bonds is 1. The normalized spacial score (nSPS) is 20.8. The zero-order valence-corrected chi connectivity index (χ0v) is 13.5. The number of ether oxygens (including phenoxy) is 2. The molecule has 1 aromatic carbocycles. The van der Waals surface area contributed by atoms with Gasteiger partial charge in [0.25, 0.3) is 0 Å². The Hall–Kier alpha value is -3.08. The minimum atomic E-state index is -0.460. The molecule has 2 aliphatic heterocycles. The first kappa shape index (κ1) is 14.3. The van der Waals surface area contributed by atoms with E-state index in [1.165, 1.54) is 0 Å². The van der Waals surface area contributed by atoms with Crippen molar-refractivity contribution in [3.8, 4) is 0 Å². The highest BCUT2D eigenvalue weighted by Gasteiger charge is 2.38. The average molecular weight is 334 g/mol. The van der Waals surface area contributed by atoms with Crippen LogP contribution in [0.25, 0.3) is 11.6 Å². The number of furan rings is 1. The fourth-order valence-electron chi connectivity index (χ4n) is 3.89. The number of fused-ring (bicyclic) bond motifs is 3. The third-order valence-corrected chi connectivity index (χ3v) is 5.12. The predicted octanol–water partition coefficient (Wildman–Crippen LogP) is 3.58. The predicted molar refractivity (Wildman–Crippen MR) is 88.7 cm³/mol. The highest BCUT2D eigenvalue weighted by atomic mass is 16.6. The molecule has 25 heavy (non-hydrogen) atoms. The summed E-state index contributed by atoms with van der Waals surface area (Å²) in [6, 6.07) is 3.64. The van der Waals surface area contributed by atoms with Gasteiger partial charge in [-0.25, -0.2) is 9.59 Å². The molecular formula is C20H14O5. The van der Waals surface area contributed by atoms with Crippen molar-refractivity contribution in [2.75, 3.05) is 6.61 Å². The molecule has 0 fully saturated rings. The molecule has 5 nitrogen and oxygen atoms in total. The summed E-state index contributed by atoms with van der Waals surface area (Å²) in [4.78, 5) is 24.4. The van der Waals surface area contributed by atoms with Gasteiger partial charge in [-0.3, -0.25) is 0 Å². The van der Waals surface area contributed by atoms with E-state index in [9.17, 15) is 9.59 Å². The summed E-state index contributed by atoms with van der Waals surface area (Å²) < 4.78 is 16.0. The summed E-state index contributed by atoms with van der Waals surface area (Å²) in [5.41, 5.74) is 6.64. The maximum Gasteiger partial charge on any atom is 0.339 e. The topological polar surface area (TPSA) is 65.7 Å². The first-order valence-electron chi connectivity index (χ1n) is 8.12. The molecule has 1 unspecified atom stereocenters. The Kier molecular flexibility index (Phi) is 2.83. The van der Waals surface area contributed by atoms with E-state index in [1.807, 2.05) is 25.1 Å². The Morgan fingerprint density at radius 2 is 2.00 bits per heavy atom. The number of hydrogen-bond acceptors (Lipinski definition) is 5. The molecule has 124 valence electrons. The third kappa shape index (κ3) is 1.89. The summed E-state index contributed by atoms with van der Waals surface area (Å²) in [5, 5.41) is 0. The van der Waals surface area contributed by atoms with E-state index >= 15 is 0 Å². The maximum absolute atomic E-state index is 12.5. The minimum absolute atomic E-state index is 0.251. The van der Waals surface area contributed by atoms with Crippen LogP contribution in [0.3, 0.4) is 0 Å². The van der Waals surface area contributed by atoms with Crippen molar-refractivity contribution in [1.82, 2.24) is 0 Å². The summed E-state index contributed by atoms with van der Waals surface area (Å²) in [6.45, 7) is 2.24. The smallest absolute Gasteiger partial charge is 0.339 e. The molecule has 5 heteroatoms. The number of carbonyl (C=O) groups excluding carboxylic acids is 2. The number of allylic oxidation sites excluding steroid dienone is 1. The Morgan fingerprint density at radius 3 is 2.80 bits per heavy atom. The van der Waals surface area contributed by atoms with E-state index in [-0.39, 0.29) is 18.5 Å². The summed E-state index contributed by atoms with van der Waals surface area (Å²) >= 11 is 0. The number of esters is 2. The molecule has 3 aliphatic rings. The van der Waals surface area contributed by atoms with Crippen molar-refractivity contribution in [3.63, 3.8) is 0 Å². The van der Waals surface area contributed by atoms with Crippen molar-refractivity contribution < 1.29 is 23.5 Å². The van der Waals surface area contributed by atoms with Gasteiger partial charge in [0, 0.05) is 22.3 Å². The largest absolute Gasteiger partial charge is 0.472 e. The highest BCUT2D eigenvalue weighted by molar-refractivity contribution is 6.05. The molecule has 2 aromatic rings. The Balaban J connectivity index is 1.77. The lowest BCUT2D eigenvalue weighted by Crippen LogP contribution is -2.03. The molecule has 0 radical (unpaired) electrons. The molecule has 1 atom stereocenters. The van der Waals surface area contributed by atoms with Gasteiger partial charge in [0.05, 0.1) is 18.1 Å². The van der Waals surface area contributed by atoms with Crippen LogP contribution in [0.2, 0.25) is 0 Å². The lowest BCUT2D eigenvalue weighted by Gasteiger charge is -2.16. The van der Waals surface area contributed by atoms with Crippen LogP contribution in [0.4, 0.5) is 0 Å². The monoisotopic (exact) mass is 334 g/mol. The fourth-order valence-corrected chi connectivity index (χ4v) is 3.89. The second-order valence-electron chi connectivity index (χ2n) is 6.41. The number of carbonyl (C=O) groups is 2. The molecule has 0 saturated heterocycles. The van der Waals surface area contributed by atoms with E-state index in [2.05, 4.69) is 0 Å². The zero-order valence-electron chi connectivity index (χ0n) is 13.5.